The monoisotopic (exact) mass is 374 g/mol. The Morgan fingerprint density at radius 2 is 1.74 bits per heavy atom. The van der Waals surface area contributed by atoms with Crippen LogP contribution in [0.5, 0.6) is 0 Å². The van der Waals surface area contributed by atoms with Crippen LogP contribution in [0.25, 0.3) is 0 Å². The number of halogens is 1. The molecule has 4 nitrogen and oxygen atoms in total. The normalized spacial score (nSPS) is 15.3. The van der Waals surface area contributed by atoms with Gasteiger partial charge in [-0.05, 0) is 44.4 Å². The summed E-state index contributed by atoms with van der Waals surface area (Å²) in [4.78, 5) is 11.7. The summed E-state index contributed by atoms with van der Waals surface area (Å²) in [6.07, 6.45) is 5.07. The number of rotatable bonds is 3. The van der Waals surface area contributed by atoms with Crippen molar-refractivity contribution in [2.45, 2.75) is 39.5 Å². The van der Waals surface area contributed by atoms with Crippen LogP contribution in [0, 0.1) is 13.8 Å². The lowest BCUT2D eigenvalue weighted by molar-refractivity contribution is 0.726. The van der Waals surface area contributed by atoms with E-state index in [9.17, 15) is 0 Å². The van der Waals surface area contributed by atoms with Crippen molar-refractivity contribution < 1.29 is 0 Å². The second-order valence-corrected chi connectivity index (χ2v) is 7.04. The number of hydrogen-bond acceptors (Lipinski definition) is 4. The molecule has 2 aromatic rings. The number of aryl methyl sites for hydroxylation is 2. The van der Waals surface area contributed by atoms with Gasteiger partial charge in [-0.15, -0.1) is 0 Å². The predicted octanol–water partition coefficient (Wildman–Crippen LogP) is 4.98. The lowest BCUT2D eigenvalue weighted by Gasteiger charge is -2.21. The molecule has 122 valence electrons. The zero-order valence-corrected chi connectivity index (χ0v) is 15.4. The van der Waals surface area contributed by atoms with Crippen molar-refractivity contribution in [2.75, 3.05) is 23.3 Å². The first-order valence-electron chi connectivity index (χ1n) is 8.25. The predicted molar refractivity (Wildman–Crippen MR) is 99.6 cm³/mol. The first-order valence-corrected chi connectivity index (χ1v) is 9.05. The molecule has 0 saturated carbocycles. The first kappa shape index (κ1) is 16.2. The number of hydrogen-bond donors (Lipinski definition) is 1. The van der Waals surface area contributed by atoms with Crippen molar-refractivity contribution in [3.8, 4) is 0 Å². The quantitative estimate of drug-likeness (QED) is 0.822. The molecule has 0 unspecified atom stereocenters. The minimum absolute atomic E-state index is 0.848. The Bertz CT molecular complexity index is 679. The molecule has 23 heavy (non-hydrogen) atoms. The molecule has 1 saturated heterocycles. The standard InChI is InChI=1S/C18H23BrN4/c1-13-7-8-15(12-16(13)19)21-17-11-14(2)20-18(22-17)23-9-5-3-4-6-10-23/h7-8,11-12H,3-6,9-10H2,1-2H3,(H,20,21,22). The van der Waals surface area contributed by atoms with E-state index in [1.54, 1.807) is 0 Å². The Kier molecular flexibility index (Phi) is 5.16. The van der Waals surface area contributed by atoms with Crippen LogP contribution in [0.3, 0.4) is 0 Å². The maximum Gasteiger partial charge on any atom is 0.227 e. The molecule has 1 aromatic heterocycles. The number of benzene rings is 1. The molecule has 0 amide bonds. The second kappa shape index (κ2) is 7.30. The van der Waals surface area contributed by atoms with E-state index in [0.717, 1.165) is 40.7 Å². The SMILES string of the molecule is Cc1cc(Nc2ccc(C)c(Br)c2)nc(N2CCCCCC2)n1. The van der Waals surface area contributed by atoms with Gasteiger partial charge >= 0.3 is 0 Å². The number of nitrogens with zero attached hydrogens (tertiary/aromatic N) is 3. The average Bonchev–Trinajstić information content (AvgIpc) is 2.80. The van der Waals surface area contributed by atoms with Gasteiger partial charge in [0, 0.05) is 35.0 Å². The van der Waals surface area contributed by atoms with Crippen molar-refractivity contribution >= 4 is 33.4 Å². The van der Waals surface area contributed by atoms with Gasteiger partial charge in [-0.3, -0.25) is 0 Å². The lowest BCUT2D eigenvalue weighted by Crippen LogP contribution is -2.26. The van der Waals surface area contributed by atoms with Crippen LogP contribution in [-0.2, 0) is 0 Å². The number of nitrogens with one attached hydrogen (secondary N) is 1. The maximum absolute atomic E-state index is 4.73. The Morgan fingerprint density at radius 1 is 1.00 bits per heavy atom. The van der Waals surface area contributed by atoms with E-state index in [-0.39, 0.29) is 0 Å². The van der Waals surface area contributed by atoms with Crippen molar-refractivity contribution in [3.05, 3.63) is 40.0 Å². The molecule has 2 heterocycles. The molecular formula is C18H23BrN4. The Hall–Kier alpha value is -1.62. The van der Waals surface area contributed by atoms with Gasteiger partial charge in [0.1, 0.15) is 5.82 Å². The molecule has 1 aliphatic heterocycles. The van der Waals surface area contributed by atoms with Gasteiger partial charge in [0.05, 0.1) is 0 Å². The molecule has 3 rings (SSSR count). The van der Waals surface area contributed by atoms with Crippen LogP contribution in [0.1, 0.15) is 36.9 Å². The maximum atomic E-state index is 4.73. The molecule has 1 aromatic carbocycles. The molecule has 5 heteroatoms. The van der Waals surface area contributed by atoms with E-state index in [4.69, 9.17) is 4.98 Å². The van der Waals surface area contributed by atoms with Gasteiger partial charge in [0.15, 0.2) is 0 Å². The van der Waals surface area contributed by atoms with Gasteiger partial charge in [0.2, 0.25) is 5.95 Å². The summed E-state index contributed by atoms with van der Waals surface area (Å²) >= 11 is 3.58. The summed E-state index contributed by atoms with van der Waals surface area (Å²) in [5.74, 6) is 1.70. The lowest BCUT2D eigenvalue weighted by atomic mass is 10.2. The van der Waals surface area contributed by atoms with Crippen molar-refractivity contribution in [3.63, 3.8) is 0 Å². The molecule has 0 spiro atoms. The molecule has 0 aliphatic carbocycles. The van der Waals surface area contributed by atoms with Gasteiger partial charge in [0.25, 0.3) is 0 Å². The topological polar surface area (TPSA) is 41.1 Å². The largest absolute Gasteiger partial charge is 0.341 e. The highest BCUT2D eigenvalue weighted by atomic mass is 79.9. The van der Waals surface area contributed by atoms with Gasteiger partial charge < -0.3 is 10.2 Å². The van der Waals surface area contributed by atoms with Crippen molar-refractivity contribution in [2.24, 2.45) is 0 Å². The summed E-state index contributed by atoms with van der Waals surface area (Å²) in [7, 11) is 0. The van der Waals surface area contributed by atoms with Gasteiger partial charge in [-0.1, -0.05) is 34.8 Å². The van der Waals surface area contributed by atoms with E-state index in [1.807, 2.05) is 13.0 Å². The fourth-order valence-electron chi connectivity index (χ4n) is 2.85. The molecule has 0 radical (unpaired) electrons. The highest BCUT2D eigenvalue weighted by molar-refractivity contribution is 9.10. The summed E-state index contributed by atoms with van der Waals surface area (Å²) in [5, 5.41) is 3.40. The average molecular weight is 375 g/mol. The zero-order chi connectivity index (χ0) is 16.2. The Labute approximate surface area is 146 Å². The van der Waals surface area contributed by atoms with E-state index < -0.39 is 0 Å². The fourth-order valence-corrected chi connectivity index (χ4v) is 3.23. The van der Waals surface area contributed by atoms with E-state index in [0.29, 0.717) is 0 Å². The molecule has 1 aliphatic rings. The summed E-state index contributed by atoms with van der Waals surface area (Å²) in [6.45, 7) is 6.22. The van der Waals surface area contributed by atoms with E-state index in [2.05, 4.69) is 56.3 Å². The smallest absolute Gasteiger partial charge is 0.227 e. The number of anilines is 3. The van der Waals surface area contributed by atoms with Gasteiger partial charge in [-0.25, -0.2) is 4.98 Å². The van der Waals surface area contributed by atoms with Crippen LogP contribution in [0.4, 0.5) is 17.5 Å². The zero-order valence-electron chi connectivity index (χ0n) is 13.8. The van der Waals surface area contributed by atoms with Crippen LogP contribution < -0.4 is 10.2 Å². The molecule has 1 N–H and O–H groups in total. The van der Waals surface area contributed by atoms with E-state index >= 15 is 0 Å². The van der Waals surface area contributed by atoms with Crippen molar-refractivity contribution in [1.29, 1.82) is 0 Å². The van der Waals surface area contributed by atoms with Crippen LogP contribution in [0.15, 0.2) is 28.7 Å². The molecule has 1 fully saturated rings. The van der Waals surface area contributed by atoms with Crippen molar-refractivity contribution in [1.82, 2.24) is 9.97 Å². The third-order valence-electron chi connectivity index (χ3n) is 4.18. The van der Waals surface area contributed by atoms with E-state index in [1.165, 1.54) is 31.2 Å². The molecule has 0 atom stereocenters. The third kappa shape index (κ3) is 4.22. The Morgan fingerprint density at radius 3 is 2.43 bits per heavy atom. The third-order valence-corrected chi connectivity index (χ3v) is 5.03. The van der Waals surface area contributed by atoms with Crippen LogP contribution >= 0.6 is 15.9 Å². The summed E-state index contributed by atoms with van der Waals surface area (Å²) < 4.78 is 1.10. The minimum atomic E-state index is 0.848. The summed E-state index contributed by atoms with van der Waals surface area (Å²) in [5.41, 5.74) is 3.25. The molecule has 0 bridgehead atoms. The highest BCUT2D eigenvalue weighted by Crippen LogP contribution is 2.24. The molecular weight excluding hydrogens is 352 g/mol. The Balaban J connectivity index is 1.83. The van der Waals surface area contributed by atoms with Crippen LogP contribution in [0.2, 0.25) is 0 Å². The summed E-state index contributed by atoms with van der Waals surface area (Å²) in [6, 6.07) is 8.24. The fraction of sp³-hybridized carbons (Fsp3) is 0.444. The first-order chi connectivity index (χ1) is 11.1. The minimum Gasteiger partial charge on any atom is -0.341 e. The number of aromatic nitrogens is 2. The second-order valence-electron chi connectivity index (χ2n) is 6.18. The highest BCUT2D eigenvalue weighted by Gasteiger charge is 2.14. The van der Waals surface area contributed by atoms with Gasteiger partial charge in [-0.2, -0.15) is 4.98 Å². The van der Waals surface area contributed by atoms with Crippen LogP contribution in [-0.4, -0.2) is 23.1 Å².